The van der Waals surface area contributed by atoms with E-state index in [0.29, 0.717) is 5.06 Å². The van der Waals surface area contributed by atoms with Crippen molar-refractivity contribution >= 4 is 5.91 Å². The third-order valence-corrected chi connectivity index (χ3v) is 9.64. The van der Waals surface area contributed by atoms with Crippen LogP contribution in [0.3, 0.4) is 0 Å². The molecule has 0 bridgehead atoms. The van der Waals surface area contributed by atoms with E-state index in [2.05, 4.69) is 5.32 Å². The number of nitrogens with two attached hydrogens (primary N) is 5. The molecule has 0 aromatic rings. The molecule has 0 aromatic heterocycles. The summed E-state index contributed by atoms with van der Waals surface area (Å²) in [5.74, 6) is -1.62. The second-order valence-electron chi connectivity index (χ2n) is 13.5. The summed E-state index contributed by atoms with van der Waals surface area (Å²) in [5.41, 5.74) is 30.0. The average molecular weight is 756 g/mol. The maximum Gasteiger partial charge on any atom is 0.246 e. The second kappa shape index (κ2) is 19.8. The standard InChI is InChI=1S/C30H57N7O15/c31-3-4-37(46)19(41)6-12-5-16(34)25(50-28-15(33)2-1-14(47-28)9-36-8-13(40)10-38)27(21(12)42)52-30-24(45)26(18(11-39)49-30)51-29-20(35)23(44)22(43)17(7-32)48-29/h1-2,12-18,20-30,36,38-40,42-46H,3-11,31-35H2/t12-,13?,14-,15+,16-,17-,18+,20+,21-,22+,23+,24+,25+,26+,27+,28+,29+,30-/m0/s1. The number of hydrogen-bond donors (Lipinski definition) is 14. The lowest BCUT2D eigenvalue weighted by molar-refractivity contribution is -0.286. The van der Waals surface area contributed by atoms with Gasteiger partial charge in [-0.1, -0.05) is 12.2 Å². The number of rotatable bonds is 17. The molecule has 22 nitrogen and oxygen atoms in total. The van der Waals surface area contributed by atoms with Gasteiger partial charge in [-0.2, -0.15) is 0 Å². The summed E-state index contributed by atoms with van der Waals surface area (Å²) in [4.78, 5) is 12.8. The number of ether oxygens (including phenoxy) is 6. The monoisotopic (exact) mass is 755 g/mol. The van der Waals surface area contributed by atoms with E-state index in [1.807, 2.05) is 0 Å². The summed E-state index contributed by atoms with van der Waals surface area (Å²) >= 11 is 0. The lowest BCUT2D eigenvalue weighted by Crippen LogP contribution is -2.64. The van der Waals surface area contributed by atoms with Gasteiger partial charge in [-0.25, -0.2) is 5.06 Å². The Morgan fingerprint density at radius 3 is 2.19 bits per heavy atom. The highest BCUT2D eigenvalue weighted by molar-refractivity contribution is 5.75. The molecule has 1 saturated carbocycles. The lowest BCUT2D eigenvalue weighted by atomic mass is 9.77. The Hall–Kier alpha value is -1.59. The van der Waals surface area contributed by atoms with Crippen LogP contribution in [0.5, 0.6) is 0 Å². The van der Waals surface area contributed by atoms with Crippen LogP contribution < -0.4 is 34.0 Å². The fourth-order valence-corrected chi connectivity index (χ4v) is 6.66. The molecule has 3 fully saturated rings. The molecule has 3 aliphatic heterocycles. The predicted molar refractivity (Wildman–Crippen MR) is 175 cm³/mol. The van der Waals surface area contributed by atoms with E-state index < -0.39 is 129 Å². The Kier molecular flexibility index (Phi) is 16.5. The Labute approximate surface area is 300 Å². The van der Waals surface area contributed by atoms with E-state index in [-0.39, 0.29) is 45.6 Å². The molecule has 0 spiro atoms. The zero-order valence-electron chi connectivity index (χ0n) is 28.7. The molecule has 19 N–H and O–H groups in total. The molecule has 2 saturated heterocycles. The minimum atomic E-state index is -1.67. The lowest BCUT2D eigenvalue weighted by Gasteiger charge is -2.46. The van der Waals surface area contributed by atoms with Crippen molar-refractivity contribution in [3.8, 4) is 0 Å². The number of aliphatic hydroxyl groups excluding tert-OH is 7. The van der Waals surface area contributed by atoms with Crippen molar-refractivity contribution in [1.82, 2.24) is 10.4 Å². The van der Waals surface area contributed by atoms with Crippen LogP contribution in [0.15, 0.2) is 12.2 Å². The van der Waals surface area contributed by atoms with Crippen LogP contribution in [0.4, 0.5) is 0 Å². The normalized spacial score (nSPS) is 43.1. The summed E-state index contributed by atoms with van der Waals surface area (Å²) in [7, 11) is 0. The van der Waals surface area contributed by atoms with E-state index in [4.69, 9.17) is 62.2 Å². The SMILES string of the molecule is NCCN(O)C(=O)C[C@@H]1C[C@H](N)[C@@H](O[C@H]2O[C@H](CNCC(O)CO)C=C[C@H]2N)[C@H](O[C@@H]2O[C@H](CO)[C@@H](O[C@H]3O[C@@H](CN)[C@@H](O)[C@H](O)[C@H]3N)[C@H]2O)[C@H]1O. The van der Waals surface area contributed by atoms with Crippen molar-refractivity contribution in [3.05, 3.63) is 12.2 Å². The first kappa shape index (κ1) is 43.1. The number of carbonyl (C=O) groups is 1. The second-order valence-corrected chi connectivity index (χ2v) is 13.5. The van der Waals surface area contributed by atoms with Gasteiger partial charge in [-0.15, -0.1) is 0 Å². The predicted octanol–water partition coefficient (Wildman–Crippen LogP) is -8.22. The highest BCUT2D eigenvalue weighted by Gasteiger charge is 2.54. The van der Waals surface area contributed by atoms with E-state index in [9.17, 15) is 40.6 Å². The van der Waals surface area contributed by atoms with Gasteiger partial charge < -0.3 is 98.2 Å². The topological polar surface area (TPSA) is 380 Å². The van der Waals surface area contributed by atoms with Gasteiger partial charge in [0.05, 0.1) is 50.2 Å². The molecule has 18 atom stereocenters. The van der Waals surface area contributed by atoms with Crippen LogP contribution in [0.25, 0.3) is 0 Å². The molecule has 4 aliphatic rings. The zero-order chi connectivity index (χ0) is 38.3. The van der Waals surface area contributed by atoms with Gasteiger partial charge in [-0.3, -0.25) is 10.0 Å². The molecule has 4 rings (SSSR count). The molecule has 1 aliphatic carbocycles. The van der Waals surface area contributed by atoms with Crippen LogP contribution in [0.1, 0.15) is 12.8 Å². The van der Waals surface area contributed by atoms with Crippen LogP contribution in [0, 0.1) is 5.92 Å². The number of hydroxylamine groups is 2. The number of carbonyl (C=O) groups excluding carboxylic acids is 1. The van der Waals surface area contributed by atoms with Gasteiger partial charge in [0.1, 0.15) is 48.8 Å². The van der Waals surface area contributed by atoms with Gasteiger partial charge >= 0.3 is 0 Å². The highest BCUT2D eigenvalue weighted by atomic mass is 16.8. The van der Waals surface area contributed by atoms with Crippen molar-refractivity contribution in [2.45, 2.75) is 117 Å². The fraction of sp³-hybridized carbons (Fsp3) is 0.900. The summed E-state index contributed by atoms with van der Waals surface area (Å²) in [6.07, 6.45) is -15.1. The van der Waals surface area contributed by atoms with Gasteiger partial charge in [0.2, 0.25) is 5.91 Å². The third kappa shape index (κ3) is 10.4. The largest absolute Gasteiger partial charge is 0.394 e. The first-order valence-electron chi connectivity index (χ1n) is 17.3. The summed E-state index contributed by atoms with van der Waals surface area (Å²) < 4.78 is 35.8. The molecule has 0 aromatic carbocycles. The van der Waals surface area contributed by atoms with E-state index in [1.165, 1.54) is 0 Å². The number of amides is 1. The summed E-state index contributed by atoms with van der Waals surface area (Å²) in [6, 6.07) is -3.02. The number of nitrogens with zero attached hydrogens (tertiary/aromatic N) is 1. The van der Waals surface area contributed by atoms with Crippen molar-refractivity contribution < 1.29 is 74.2 Å². The summed E-state index contributed by atoms with van der Waals surface area (Å²) in [6.45, 7) is -1.17. The first-order chi connectivity index (χ1) is 24.7. The molecule has 1 amide bonds. The van der Waals surface area contributed by atoms with Crippen molar-refractivity contribution in [2.75, 3.05) is 45.9 Å². The molecule has 302 valence electrons. The summed E-state index contributed by atoms with van der Waals surface area (Å²) in [5, 5.41) is 86.0. The Morgan fingerprint density at radius 2 is 1.54 bits per heavy atom. The quantitative estimate of drug-likeness (QED) is 0.0372. The van der Waals surface area contributed by atoms with Gasteiger partial charge in [0, 0.05) is 38.6 Å². The fourth-order valence-electron chi connectivity index (χ4n) is 6.66. The minimum Gasteiger partial charge on any atom is -0.394 e. The zero-order valence-corrected chi connectivity index (χ0v) is 28.7. The molecular weight excluding hydrogens is 698 g/mol. The van der Waals surface area contributed by atoms with Crippen LogP contribution in [0.2, 0.25) is 0 Å². The van der Waals surface area contributed by atoms with Crippen LogP contribution in [-0.4, -0.2) is 202 Å². The third-order valence-electron chi connectivity index (χ3n) is 9.64. The highest BCUT2D eigenvalue weighted by Crippen LogP contribution is 2.37. The Bertz CT molecular complexity index is 1130. The maximum absolute atomic E-state index is 12.8. The maximum atomic E-state index is 12.8. The van der Waals surface area contributed by atoms with E-state index in [1.54, 1.807) is 12.2 Å². The van der Waals surface area contributed by atoms with Crippen molar-refractivity contribution in [3.63, 3.8) is 0 Å². The first-order valence-corrected chi connectivity index (χ1v) is 17.3. The molecule has 1 unspecified atom stereocenters. The van der Waals surface area contributed by atoms with Gasteiger partial charge in [0.15, 0.2) is 18.9 Å². The van der Waals surface area contributed by atoms with Gasteiger partial charge in [-0.05, 0) is 12.3 Å². The van der Waals surface area contributed by atoms with Crippen LogP contribution >= 0.6 is 0 Å². The van der Waals surface area contributed by atoms with Crippen LogP contribution in [-0.2, 0) is 33.2 Å². The molecular formula is C30H57N7O15. The Balaban J connectivity index is 1.53. The molecule has 0 radical (unpaired) electrons. The smallest absolute Gasteiger partial charge is 0.246 e. The number of aliphatic hydroxyl groups is 7. The number of hydrogen-bond acceptors (Lipinski definition) is 21. The van der Waals surface area contributed by atoms with Crippen molar-refractivity contribution in [1.29, 1.82) is 0 Å². The molecule has 22 heteroatoms. The van der Waals surface area contributed by atoms with E-state index >= 15 is 0 Å². The van der Waals surface area contributed by atoms with Crippen molar-refractivity contribution in [2.24, 2.45) is 34.6 Å². The average Bonchev–Trinajstić information content (AvgIpc) is 3.42. The number of nitrogens with one attached hydrogen (secondary N) is 1. The molecule has 52 heavy (non-hydrogen) atoms. The van der Waals surface area contributed by atoms with E-state index in [0.717, 1.165) is 0 Å². The molecule has 3 heterocycles. The van der Waals surface area contributed by atoms with Gasteiger partial charge in [0.25, 0.3) is 0 Å². The Morgan fingerprint density at radius 1 is 0.865 bits per heavy atom. The minimum absolute atomic E-state index is 0.0133.